The third kappa shape index (κ3) is 1.96. The van der Waals surface area contributed by atoms with Crippen molar-refractivity contribution in [3.63, 3.8) is 0 Å². The number of carboxylic acids is 1. The molecule has 2 unspecified atom stereocenters. The number of rotatable bonds is 3. The lowest BCUT2D eigenvalue weighted by Crippen LogP contribution is -2.28. The Morgan fingerprint density at radius 1 is 1.22 bits per heavy atom. The van der Waals surface area contributed by atoms with Crippen molar-refractivity contribution in [3.8, 4) is 0 Å². The Morgan fingerprint density at radius 3 is 2.56 bits per heavy atom. The lowest BCUT2D eigenvalue weighted by atomic mass is 10.0. The molecular formula is C11H11N3O4. The average molecular weight is 249 g/mol. The summed E-state index contributed by atoms with van der Waals surface area (Å²) in [6.45, 7) is 0. The minimum Gasteiger partial charge on any atom is -0.479 e. The first-order valence-corrected chi connectivity index (χ1v) is 5.10. The zero-order chi connectivity index (χ0) is 13.3. The highest BCUT2D eigenvalue weighted by Gasteiger charge is 2.28. The maximum Gasteiger partial charge on any atom is 0.335 e. The van der Waals surface area contributed by atoms with Gasteiger partial charge in [0.15, 0.2) is 6.10 Å². The molecule has 1 heterocycles. The largest absolute Gasteiger partial charge is 0.479 e. The van der Waals surface area contributed by atoms with E-state index in [2.05, 4.69) is 9.97 Å². The fourth-order valence-electron chi connectivity index (χ4n) is 1.68. The van der Waals surface area contributed by atoms with Gasteiger partial charge in [0, 0.05) is 23.6 Å². The number of nitrogens with zero attached hydrogens (tertiary/aromatic N) is 2. The average Bonchev–Trinajstić information content (AvgIpc) is 2.37. The summed E-state index contributed by atoms with van der Waals surface area (Å²) in [5, 5.41) is 27.9. The molecule has 0 amide bonds. The van der Waals surface area contributed by atoms with Crippen molar-refractivity contribution in [3.05, 3.63) is 30.1 Å². The fraction of sp³-hybridized carbons (Fsp3) is 0.182. The van der Waals surface area contributed by atoms with Crippen molar-refractivity contribution in [2.75, 3.05) is 5.73 Å². The van der Waals surface area contributed by atoms with Gasteiger partial charge >= 0.3 is 5.97 Å². The van der Waals surface area contributed by atoms with Crippen LogP contribution >= 0.6 is 0 Å². The van der Waals surface area contributed by atoms with Gasteiger partial charge in [-0.3, -0.25) is 9.97 Å². The predicted molar refractivity (Wildman–Crippen MR) is 62.6 cm³/mol. The van der Waals surface area contributed by atoms with Crippen LogP contribution in [0.1, 0.15) is 11.7 Å². The Balaban J connectivity index is 2.62. The third-order valence-electron chi connectivity index (χ3n) is 2.56. The molecule has 5 N–H and O–H groups in total. The van der Waals surface area contributed by atoms with Crippen LogP contribution in [0.25, 0.3) is 11.0 Å². The Bertz CT molecular complexity index is 602. The molecular weight excluding hydrogens is 238 g/mol. The number of benzene rings is 1. The van der Waals surface area contributed by atoms with E-state index >= 15 is 0 Å². The van der Waals surface area contributed by atoms with Crippen LogP contribution in [-0.4, -0.2) is 37.4 Å². The molecule has 1 aromatic heterocycles. The molecule has 0 radical (unpaired) electrons. The number of aliphatic hydroxyl groups excluding tert-OH is 2. The number of hydrogen-bond acceptors (Lipinski definition) is 6. The number of aromatic nitrogens is 2. The number of nitrogens with two attached hydrogens (primary N) is 1. The molecule has 0 aliphatic heterocycles. The maximum absolute atomic E-state index is 10.7. The normalized spacial score (nSPS) is 14.3. The van der Waals surface area contributed by atoms with Crippen LogP contribution in [0.15, 0.2) is 24.5 Å². The first kappa shape index (κ1) is 12.2. The van der Waals surface area contributed by atoms with E-state index in [1.807, 2.05) is 0 Å². The summed E-state index contributed by atoms with van der Waals surface area (Å²) in [6, 6.07) is 3.07. The van der Waals surface area contributed by atoms with Crippen molar-refractivity contribution >= 4 is 22.7 Å². The van der Waals surface area contributed by atoms with Crippen LogP contribution in [0.5, 0.6) is 0 Å². The number of nitrogen functional groups attached to an aromatic ring is 1. The van der Waals surface area contributed by atoms with Crippen LogP contribution in [0.2, 0.25) is 0 Å². The van der Waals surface area contributed by atoms with E-state index in [0.29, 0.717) is 5.52 Å². The number of carboxylic acid groups (broad SMARTS) is 1. The number of anilines is 1. The van der Waals surface area contributed by atoms with Crippen LogP contribution < -0.4 is 5.73 Å². The molecule has 0 saturated carbocycles. The maximum atomic E-state index is 10.7. The highest BCUT2D eigenvalue weighted by Crippen LogP contribution is 2.29. The summed E-state index contributed by atoms with van der Waals surface area (Å²) in [4.78, 5) is 18.7. The summed E-state index contributed by atoms with van der Waals surface area (Å²) in [5.74, 6) is -1.54. The first-order chi connectivity index (χ1) is 8.52. The molecule has 0 saturated heterocycles. The minimum absolute atomic E-state index is 0.0653. The summed E-state index contributed by atoms with van der Waals surface area (Å²) >= 11 is 0. The third-order valence-corrected chi connectivity index (χ3v) is 2.56. The van der Waals surface area contributed by atoms with Gasteiger partial charge in [-0.15, -0.1) is 0 Å². The van der Waals surface area contributed by atoms with Gasteiger partial charge in [-0.2, -0.15) is 0 Å². The van der Waals surface area contributed by atoms with Crippen LogP contribution in [0.3, 0.4) is 0 Å². The van der Waals surface area contributed by atoms with E-state index in [4.69, 9.17) is 10.8 Å². The molecule has 18 heavy (non-hydrogen) atoms. The van der Waals surface area contributed by atoms with Crippen LogP contribution in [0, 0.1) is 0 Å². The van der Waals surface area contributed by atoms with Crippen molar-refractivity contribution in [2.24, 2.45) is 0 Å². The van der Waals surface area contributed by atoms with E-state index in [1.165, 1.54) is 18.5 Å². The topological polar surface area (TPSA) is 130 Å². The molecule has 0 aliphatic carbocycles. The minimum atomic E-state index is -1.97. The molecule has 0 bridgehead atoms. The Labute approximate surface area is 102 Å². The van der Waals surface area contributed by atoms with Gasteiger partial charge in [0.25, 0.3) is 0 Å². The predicted octanol–water partition coefficient (Wildman–Crippen LogP) is -0.309. The number of hydrogen-bond donors (Lipinski definition) is 4. The van der Waals surface area contributed by atoms with E-state index in [-0.39, 0.29) is 16.8 Å². The van der Waals surface area contributed by atoms with E-state index in [9.17, 15) is 15.0 Å². The van der Waals surface area contributed by atoms with Gasteiger partial charge < -0.3 is 21.1 Å². The van der Waals surface area contributed by atoms with Gasteiger partial charge in [-0.05, 0) is 12.1 Å². The van der Waals surface area contributed by atoms with Gasteiger partial charge in [0.2, 0.25) is 0 Å². The van der Waals surface area contributed by atoms with E-state index in [0.717, 1.165) is 0 Å². The number of aliphatic carboxylic acids is 1. The molecule has 0 spiro atoms. The lowest BCUT2D eigenvalue weighted by molar-refractivity contribution is -0.152. The molecule has 0 fully saturated rings. The number of fused-ring (bicyclic) bond motifs is 1. The molecule has 2 rings (SSSR count). The van der Waals surface area contributed by atoms with E-state index < -0.39 is 18.2 Å². The first-order valence-electron chi connectivity index (χ1n) is 5.10. The second-order valence-corrected chi connectivity index (χ2v) is 3.72. The standard InChI is InChI=1S/C11H11N3O4/c12-5-1-2-6-8(14-4-3-13-6)7(5)9(15)10(16)11(17)18/h1-4,9-10,15-16H,12H2,(H,17,18). The lowest BCUT2D eigenvalue weighted by Gasteiger charge is -2.17. The Morgan fingerprint density at radius 2 is 1.89 bits per heavy atom. The highest BCUT2D eigenvalue weighted by molar-refractivity contribution is 5.85. The SMILES string of the molecule is Nc1ccc2nccnc2c1C(O)C(O)C(=O)O. The summed E-state index contributed by atoms with van der Waals surface area (Å²) in [7, 11) is 0. The smallest absolute Gasteiger partial charge is 0.335 e. The monoisotopic (exact) mass is 249 g/mol. The molecule has 7 nitrogen and oxygen atoms in total. The summed E-state index contributed by atoms with van der Waals surface area (Å²) in [5.41, 5.74) is 6.63. The van der Waals surface area contributed by atoms with Gasteiger partial charge in [0.1, 0.15) is 6.10 Å². The molecule has 2 atom stereocenters. The summed E-state index contributed by atoms with van der Waals surface area (Å²) in [6.07, 6.45) is -0.782. The van der Waals surface area contributed by atoms with Gasteiger partial charge in [0.05, 0.1) is 11.0 Å². The Hall–Kier alpha value is -2.25. The Kier molecular flexibility index (Phi) is 3.09. The van der Waals surface area contributed by atoms with Crippen LogP contribution in [-0.2, 0) is 4.79 Å². The van der Waals surface area contributed by atoms with Crippen molar-refractivity contribution < 1.29 is 20.1 Å². The van der Waals surface area contributed by atoms with Crippen LogP contribution in [0.4, 0.5) is 5.69 Å². The fourth-order valence-corrected chi connectivity index (χ4v) is 1.68. The zero-order valence-electron chi connectivity index (χ0n) is 9.19. The zero-order valence-corrected chi connectivity index (χ0v) is 9.19. The van der Waals surface area contributed by atoms with Gasteiger partial charge in [-0.1, -0.05) is 0 Å². The second kappa shape index (κ2) is 4.55. The number of carbonyl (C=O) groups is 1. The molecule has 2 aromatic rings. The van der Waals surface area contributed by atoms with Crippen molar-refractivity contribution in [1.29, 1.82) is 0 Å². The second-order valence-electron chi connectivity index (χ2n) is 3.72. The molecule has 94 valence electrons. The van der Waals surface area contributed by atoms with Crippen molar-refractivity contribution in [2.45, 2.75) is 12.2 Å². The quantitative estimate of drug-likeness (QED) is 0.549. The number of aliphatic hydroxyl groups is 2. The molecule has 1 aromatic carbocycles. The summed E-state index contributed by atoms with van der Waals surface area (Å²) < 4.78 is 0. The highest BCUT2D eigenvalue weighted by atomic mass is 16.4. The molecule has 0 aliphatic rings. The molecule has 7 heteroatoms. The van der Waals surface area contributed by atoms with Gasteiger partial charge in [-0.25, -0.2) is 4.79 Å². The van der Waals surface area contributed by atoms with Crippen molar-refractivity contribution in [1.82, 2.24) is 9.97 Å². The van der Waals surface area contributed by atoms with E-state index in [1.54, 1.807) is 6.07 Å².